The van der Waals surface area contributed by atoms with Crippen molar-refractivity contribution >= 4 is 22.6 Å². The van der Waals surface area contributed by atoms with Crippen LogP contribution >= 0.6 is 0 Å². The van der Waals surface area contributed by atoms with E-state index in [1.807, 2.05) is 46.6 Å². The Kier molecular flexibility index (Phi) is 4.59. The lowest BCUT2D eigenvalue weighted by molar-refractivity contribution is -0.140. The molecule has 2 heterocycles. The number of rotatable bonds is 3. The third-order valence-electron chi connectivity index (χ3n) is 4.16. The number of pyridine rings is 1. The molecule has 0 saturated carbocycles. The summed E-state index contributed by atoms with van der Waals surface area (Å²) in [5.41, 5.74) is 0.860. The number of piperidine rings is 1. The van der Waals surface area contributed by atoms with E-state index in [0.29, 0.717) is 13.0 Å². The van der Waals surface area contributed by atoms with Gasteiger partial charge in [0.05, 0.1) is 11.4 Å². The first-order chi connectivity index (χ1) is 11.4. The molecule has 1 aromatic heterocycles. The van der Waals surface area contributed by atoms with Crippen LogP contribution < -0.4 is 10.2 Å². The number of nitrogens with zero attached hydrogens (tertiary/aromatic N) is 2. The van der Waals surface area contributed by atoms with Crippen molar-refractivity contribution in [1.82, 2.24) is 10.3 Å². The minimum Gasteiger partial charge on any atom is -0.356 e. The van der Waals surface area contributed by atoms with Crippen LogP contribution in [0, 0.1) is 5.92 Å². The van der Waals surface area contributed by atoms with E-state index < -0.39 is 24.5 Å². The number of halogens is 3. The van der Waals surface area contributed by atoms with E-state index in [9.17, 15) is 18.0 Å². The smallest absolute Gasteiger partial charge is 0.356 e. The Morgan fingerprint density at radius 2 is 2.04 bits per heavy atom. The van der Waals surface area contributed by atoms with Crippen LogP contribution in [0.4, 0.5) is 19.0 Å². The maximum Gasteiger partial charge on any atom is 0.405 e. The van der Waals surface area contributed by atoms with Crippen molar-refractivity contribution in [3.63, 3.8) is 0 Å². The van der Waals surface area contributed by atoms with Gasteiger partial charge in [-0.15, -0.1) is 0 Å². The third kappa shape index (κ3) is 3.96. The number of amides is 1. The SMILES string of the molecule is O=C(NCC(F)(F)F)C1CCCN(c2ccc3ccccc3n2)C1. The summed E-state index contributed by atoms with van der Waals surface area (Å²) in [7, 11) is 0. The second-order valence-corrected chi connectivity index (χ2v) is 5.98. The fourth-order valence-corrected chi connectivity index (χ4v) is 2.96. The highest BCUT2D eigenvalue weighted by Gasteiger charge is 2.31. The van der Waals surface area contributed by atoms with Crippen LogP contribution in [0.25, 0.3) is 10.9 Å². The molecule has 1 fully saturated rings. The van der Waals surface area contributed by atoms with Crippen LogP contribution in [0.2, 0.25) is 0 Å². The van der Waals surface area contributed by atoms with Crippen LogP contribution in [0.5, 0.6) is 0 Å². The van der Waals surface area contributed by atoms with Crippen LogP contribution in [0.1, 0.15) is 12.8 Å². The van der Waals surface area contributed by atoms with Crippen molar-refractivity contribution in [1.29, 1.82) is 0 Å². The van der Waals surface area contributed by atoms with Gasteiger partial charge in [0.2, 0.25) is 5.91 Å². The van der Waals surface area contributed by atoms with Gasteiger partial charge in [-0.2, -0.15) is 13.2 Å². The number of fused-ring (bicyclic) bond motifs is 1. The molecule has 1 aliphatic rings. The monoisotopic (exact) mass is 337 g/mol. The molecule has 0 radical (unpaired) electrons. The summed E-state index contributed by atoms with van der Waals surface area (Å²) < 4.78 is 36.7. The van der Waals surface area contributed by atoms with Crippen LogP contribution in [-0.4, -0.2) is 36.7 Å². The maximum atomic E-state index is 12.2. The molecule has 4 nitrogen and oxygen atoms in total. The molecule has 128 valence electrons. The van der Waals surface area contributed by atoms with E-state index in [1.54, 1.807) is 0 Å². The molecule has 24 heavy (non-hydrogen) atoms. The molecule has 0 aliphatic carbocycles. The number of aromatic nitrogens is 1. The van der Waals surface area contributed by atoms with Crippen molar-refractivity contribution in [2.24, 2.45) is 5.92 Å². The van der Waals surface area contributed by atoms with Crippen LogP contribution in [-0.2, 0) is 4.79 Å². The molecule has 7 heteroatoms. The lowest BCUT2D eigenvalue weighted by Crippen LogP contribution is -2.45. The first-order valence-corrected chi connectivity index (χ1v) is 7.87. The number of hydrogen-bond acceptors (Lipinski definition) is 3. The van der Waals surface area contributed by atoms with Crippen molar-refractivity contribution in [2.45, 2.75) is 19.0 Å². The molecule has 1 amide bonds. The molecular weight excluding hydrogens is 319 g/mol. The lowest BCUT2D eigenvalue weighted by Gasteiger charge is -2.33. The quantitative estimate of drug-likeness (QED) is 0.936. The van der Waals surface area contributed by atoms with Gasteiger partial charge < -0.3 is 10.2 Å². The standard InChI is InChI=1S/C17H18F3N3O/c18-17(19,20)11-21-16(24)13-5-3-9-23(10-13)15-8-7-12-4-1-2-6-14(12)22-15/h1-2,4,6-8,13H,3,5,9-11H2,(H,21,24). The fourth-order valence-electron chi connectivity index (χ4n) is 2.96. The zero-order valence-corrected chi connectivity index (χ0v) is 13.0. The zero-order chi connectivity index (χ0) is 17.2. The van der Waals surface area contributed by atoms with Gasteiger partial charge in [-0.05, 0) is 31.0 Å². The second-order valence-electron chi connectivity index (χ2n) is 5.98. The van der Waals surface area contributed by atoms with Crippen molar-refractivity contribution in [2.75, 3.05) is 24.5 Å². The molecule has 1 saturated heterocycles. The van der Waals surface area contributed by atoms with Gasteiger partial charge in [-0.1, -0.05) is 18.2 Å². The summed E-state index contributed by atoms with van der Waals surface area (Å²) in [6, 6.07) is 11.6. The van der Waals surface area contributed by atoms with Gasteiger partial charge in [-0.3, -0.25) is 4.79 Å². The minimum absolute atomic E-state index is 0.384. The van der Waals surface area contributed by atoms with Gasteiger partial charge in [0.1, 0.15) is 12.4 Å². The average molecular weight is 337 g/mol. The van der Waals surface area contributed by atoms with Crippen molar-refractivity contribution in [3.05, 3.63) is 36.4 Å². The van der Waals surface area contributed by atoms with Gasteiger partial charge >= 0.3 is 6.18 Å². The predicted octanol–water partition coefficient (Wildman–Crippen LogP) is 3.13. The second kappa shape index (κ2) is 6.67. The Morgan fingerprint density at radius 1 is 1.25 bits per heavy atom. The molecule has 0 spiro atoms. The Bertz CT molecular complexity index is 732. The normalized spacial score (nSPS) is 18.6. The molecule has 1 aromatic carbocycles. The van der Waals surface area contributed by atoms with Crippen molar-refractivity contribution < 1.29 is 18.0 Å². The number of nitrogens with one attached hydrogen (secondary N) is 1. The van der Waals surface area contributed by atoms with E-state index in [-0.39, 0.29) is 0 Å². The molecule has 0 bridgehead atoms. The van der Waals surface area contributed by atoms with Gasteiger partial charge in [0.25, 0.3) is 0 Å². The maximum absolute atomic E-state index is 12.2. The topological polar surface area (TPSA) is 45.2 Å². The minimum atomic E-state index is -4.39. The number of hydrogen-bond donors (Lipinski definition) is 1. The molecule has 1 atom stereocenters. The van der Waals surface area contributed by atoms with Crippen LogP contribution in [0.15, 0.2) is 36.4 Å². The Hall–Kier alpha value is -2.31. The average Bonchev–Trinajstić information content (AvgIpc) is 2.58. The summed E-state index contributed by atoms with van der Waals surface area (Å²) in [4.78, 5) is 18.5. The highest BCUT2D eigenvalue weighted by Crippen LogP contribution is 2.24. The summed E-state index contributed by atoms with van der Waals surface area (Å²) in [5, 5.41) is 3.01. The Morgan fingerprint density at radius 3 is 2.83 bits per heavy atom. The summed E-state index contributed by atoms with van der Waals surface area (Å²) in [6.07, 6.45) is -3.05. The third-order valence-corrected chi connectivity index (χ3v) is 4.16. The molecule has 1 N–H and O–H groups in total. The van der Waals surface area contributed by atoms with E-state index >= 15 is 0 Å². The first kappa shape index (κ1) is 16.5. The lowest BCUT2D eigenvalue weighted by atomic mass is 9.97. The van der Waals surface area contributed by atoms with Gasteiger partial charge in [-0.25, -0.2) is 4.98 Å². The summed E-state index contributed by atoms with van der Waals surface area (Å²) in [6.45, 7) is -0.153. The number of benzene rings is 1. The highest BCUT2D eigenvalue weighted by atomic mass is 19.4. The summed E-state index contributed by atoms with van der Waals surface area (Å²) in [5.74, 6) is -0.241. The van der Waals surface area contributed by atoms with Crippen molar-refractivity contribution in [3.8, 4) is 0 Å². The number of para-hydroxylation sites is 1. The van der Waals surface area contributed by atoms with E-state index in [2.05, 4.69) is 4.98 Å². The van der Waals surface area contributed by atoms with Gasteiger partial charge in [0, 0.05) is 18.5 Å². The first-order valence-electron chi connectivity index (χ1n) is 7.87. The summed E-state index contributed by atoms with van der Waals surface area (Å²) >= 11 is 0. The molecule has 1 unspecified atom stereocenters. The Balaban J connectivity index is 1.69. The number of alkyl halides is 3. The predicted molar refractivity (Wildman–Crippen MR) is 85.7 cm³/mol. The molecular formula is C17H18F3N3O. The molecule has 2 aromatic rings. The van der Waals surface area contributed by atoms with Gasteiger partial charge in [0.15, 0.2) is 0 Å². The highest BCUT2D eigenvalue weighted by molar-refractivity contribution is 5.81. The van der Waals surface area contributed by atoms with E-state index in [0.717, 1.165) is 29.7 Å². The fraction of sp³-hybridized carbons (Fsp3) is 0.412. The number of carbonyl (C=O) groups is 1. The van der Waals surface area contributed by atoms with E-state index in [4.69, 9.17) is 0 Å². The largest absolute Gasteiger partial charge is 0.405 e. The number of anilines is 1. The zero-order valence-electron chi connectivity index (χ0n) is 13.0. The molecule has 1 aliphatic heterocycles. The van der Waals surface area contributed by atoms with E-state index in [1.165, 1.54) is 0 Å². The van der Waals surface area contributed by atoms with Crippen LogP contribution in [0.3, 0.4) is 0 Å². The number of carbonyl (C=O) groups excluding carboxylic acids is 1. The molecule has 3 rings (SSSR count). The Labute approximate surface area is 137 Å².